The van der Waals surface area contributed by atoms with Crippen molar-refractivity contribution in [1.82, 2.24) is 10.2 Å². The lowest BCUT2D eigenvalue weighted by molar-refractivity contribution is -0.119. The molecule has 1 aliphatic rings. The molecule has 24 heavy (non-hydrogen) atoms. The number of likely N-dealkylation sites (tertiary alicyclic amines) is 1. The third kappa shape index (κ3) is 6.17. The summed E-state index contributed by atoms with van der Waals surface area (Å²) in [4.78, 5) is 25.7. The van der Waals surface area contributed by atoms with Crippen LogP contribution in [0.1, 0.15) is 12.8 Å². The highest BCUT2D eigenvalue weighted by Crippen LogP contribution is 2.15. The van der Waals surface area contributed by atoms with Crippen LogP contribution in [-0.4, -0.2) is 57.2 Å². The topological polar surface area (TPSA) is 82.7 Å². The van der Waals surface area contributed by atoms with Crippen molar-refractivity contribution < 1.29 is 14.3 Å². The summed E-state index contributed by atoms with van der Waals surface area (Å²) < 4.78 is 4.76. The van der Waals surface area contributed by atoms with Crippen LogP contribution in [0.15, 0.2) is 24.3 Å². The largest absolute Gasteiger partial charge is 0.375 e. The SMILES string of the molecule is COCC(=O)Nc1ccc(NC(=O)NC[C@H]2CCCN(C)C2)cc1. The Bertz CT molecular complexity index is 547. The maximum atomic E-state index is 12.0. The third-order valence-electron chi connectivity index (χ3n) is 3.98. The van der Waals surface area contributed by atoms with Gasteiger partial charge >= 0.3 is 6.03 Å². The van der Waals surface area contributed by atoms with E-state index >= 15 is 0 Å². The molecule has 0 unspecified atom stereocenters. The van der Waals surface area contributed by atoms with Crippen molar-refractivity contribution >= 4 is 23.3 Å². The minimum atomic E-state index is -0.214. The first-order valence-corrected chi connectivity index (χ1v) is 8.19. The zero-order valence-electron chi connectivity index (χ0n) is 14.3. The number of methoxy groups -OCH3 is 1. The van der Waals surface area contributed by atoms with Crippen LogP contribution in [0.2, 0.25) is 0 Å². The van der Waals surface area contributed by atoms with Crippen LogP contribution in [0.5, 0.6) is 0 Å². The minimum absolute atomic E-state index is 0.0127. The number of rotatable bonds is 6. The number of ether oxygens (including phenoxy) is 1. The Morgan fingerprint density at radius 3 is 2.50 bits per heavy atom. The molecular weight excluding hydrogens is 308 g/mol. The van der Waals surface area contributed by atoms with Crippen molar-refractivity contribution in [2.75, 3.05) is 51.0 Å². The van der Waals surface area contributed by atoms with Gasteiger partial charge in [0.25, 0.3) is 0 Å². The van der Waals surface area contributed by atoms with Gasteiger partial charge in [-0.3, -0.25) is 4.79 Å². The van der Waals surface area contributed by atoms with Gasteiger partial charge < -0.3 is 25.6 Å². The number of urea groups is 1. The fraction of sp³-hybridized carbons (Fsp3) is 0.529. The molecule has 3 N–H and O–H groups in total. The number of nitrogens with zero attached hydrogens (tertiary/aromatic N) is 1. The molecule has 1 aromatic rings. The van der Waals surface area contributed by atoms with Crippen LogP contribution in [0.4, 0.5) is 16.2 Å². The molecular formula is C17H26N4O3. The summed E-state index contributed by atoms with van der Waals surface area (Å²) in [5.74, 6) is 0.293. The molecule has 1 aromatic carbocycles. The Morgan fingerprint density at radius 2 is 1.88 bits per heavy atom. The fourth-order valence-electron chi connectivity index (χ4n) is 2.82. The summed E-state index contributed by atoms with van der Waals surface area (Å²) >= 11 is 0. The van der Waals surface area contributed by atoms with Crippen molar-refractivity contribution in [3.05, 3.63) is 24.3 Å². The summed E-state index contributed by atoms with van der Waals surface area (Å²) in [6.45, 7) is 2.85. The number of carbonyl (C=O) groups is 2. The lowest BCUT2D eigenvalue weighted by Crippen LogP contribution is -2.40. The van der Waals surface area contributed by atoms with Crippen LogP contribution in [-0.2, 0) is 9.53 Å². The molecule has 1 heterocycles. The first-order valence-electron chi connectivity index (χ1n) is 8.19. The number of hydrogen-bond acceptors (Lipinski definition) is 4. The van der Waals surface area contributed by atoms with Gasteiger partial charge in [-0.25, -0.2) is 4.79 Å². The van der Waals surface area contributed by atoms with E-state index in [9.17, 15) is 9.59 Å². The molecule has 7 heteroatoms. The second-order valence-corrected chi connectivity index (χ2v) is 6.16. The smallest absolute Gasteiger partial charge is 0.319 e. The van der Waals surface area contributed by atoms with Crippen molar-refractivity contribution in [3.8, 4) is 0 Å². The molecule has 7 nitrogen and oxygen atoms in total. The standard InChI is InChI=1S/C17H26N4O3/c1-21-9-3-4-13(11-21)10-18-17(23)20-15-7-5-14(6-8-15)19-16(22)12-24-2/h5-8,13H,3-4,9-12H2,1-2H3,(H,19,22)(H2,18,20,23)/t13-/m1/s1. The number of hydrogen-bond donors (Lipinski definition) is 3. The third-order valence-corrected chi connectivity index (χ3v) is 3.98. The number of amides is 3. The first-order chi connectivity index (χ1) is 11.6. The Morgan fingerprint density at radius 1 is 1.21 bits per heavy atom. The Hall–Kier alpha value is -2.12. The van der Waals surface area contributed by atoms with Crippen molar-refractivity contribution in [2.45, 2.75) is 12.8 Å². The first kappa shape index (κ1) is 18.2. The molecule has 0 spiro atoms. The van der Waals surface area contributed by atoms with Crippen LogP contribution < -0.4 is 16.0 Å². The predicted molar refractivity (Wildman–Crippen MR) is 94.2 cm³/mol. The highest BCUT2D eigenvalue weighted by atomic mass is 16.5. The molecule has 0 bridgehead atoms. The second kappa shape index (κ2) is 9.24. The van der Waals surface area contributed by atoms with Crippen LogP contribution >= 0.6 is 0 Å². The van der Waals surface area contributed by atoms with Gasteiger partial charge in [0.15, 0.2) is 0 Å². The molecule has 1 fully saturated rings. The lowest BCUT2D eigenvalue weighted by Gasteiger charge is -2.29. The average molecular weight is 334 g/mol. The second-order valence-electron chi connectivity index (χ2n) is 6.16. The van der Waals surface area contributed by atoms with E-state index in [2.05, 4.69) is 27.9 Å². The van der Waals surface area contributed by atoms with Gasteiger partial charge in [-0.2, -0.15) is 0 Å². The Balaban J connectivity index is 1.74. The maximum absolute atomic E-state index is 12.0. The Kier molecular flexibility index (Phi) is 7.02. The monoisotopic (exact) mass is 334 g/mol. The van der Waals surface area contributed by atoms with Gasteiger partial charge in [0.05, 0.1) is 0 Å². The summed E-state index contributed by atoms with van der Waals surface area (Å²) in [6, 6.07) is 6.75. The van der Waals surface area contributed by atoms with Crippen LogP contribution in [0.25, 0.3) is 0 Å². The number of anilines is 2. The van der Waals surface area contributed by atoms with Crippen LogP contribution in [0.3, 0.4) is 0 Å². The highest BCUT2D eigenvalue weighted by Gasteiger charge is 2.17. The van der Waals surface area contributed by atoms with E-state index < -0.39 is 0 Å². The normalized spacial score (nSPS) is 18.0. The van der Waals surface area contributed by atoms with E-state index in [0.29, 0.717) is 23.8 Å². The van der Waals surface area contributed by atoms with Crippen LogP contribution in [0, 0.1) is 5.92 Å². The lowest BCUT2D eigenvalue weighted by atomic mass is 9.99. The minimum Gasteiger partial charge on any atom is -0.375 e. The fourth-order valence-corrected chi connectivity index (χ4v) is 2.82. The molecule has 0 radical (unpaired) electrons. The van der Waals surface area contributed by atoms with E-state index in [1.54, 1.807) is 24.3 Å². The van der Waals surface area contributed by atoms with E-state index in [4.69, 9.17) is 4.74 Å². The van der Waals surface area contributed by atoms with Gasteiger partial charge in [-0.1, -0.05) is 0 Å². The quantitative estimate of drug-likeness (QED) is 0.740. The predicted octanol–water partition coefficient (Wildman–Crippen LogP) is 1.73. The molecule has 2 rings (SSSR count). The van der Waals surface area contributed by atoms with Gasteiger partial charge in [-0.05, 0) is 56.6 Å². The summed E-state index contributed by atoms with van der Waals surface area (Å²) in [7, 11) is 3.58. The number of piperidine rings is 1. The number of nitrogens with one attached hydrogen (secondary N) is 3. The highest BCUT2D eigenvalue weighted by molar-refractivity contribution is 5.93. The van der Waals surface area contributed by atoms with Gasteiger partial charge in [0, 0.05) is 31.6 Å². The summed E-state index contributed by atoms with van der Waals surface area (Å²) in [5, 5.41) is 8.42. The zero-order valence-corrected chi connectivity index (χ0v) is 14.3. The summed E-state index contributed by atoms with van der Waals surface area (Å²) in [6.07, 6.45) is 2.33. The molecule has 132 valence electrons. The van der Waals surface area contributed by atoms with E-state index in [-0.39, 0.29) is 18.5 Å². The molecule has 1 saturated heterocycles. The molecule has 3 amide bonds. The van der Waals surface area contributed by atoms with E-state index in [1.807, 2.05) is 0 Å². The van der Waals surface area contributed by atoms with Gasteiger partial charge in [-0.15, -0.1) is 0 Å². The average Bonchev–Trinajstić information content (AvgIpc) is 2.55. The molecule has 0 aromatic heterocycles. The van der Waals surface area contributed by atoms with Gasteiger partial charge in [0.2, 0.25) is 5.91 Å². The van der Waals surface area contributed by atoms with Crippen molar-refractivity contribution in [2.24, 2.45) is 5.92 Å². The molecule has 0 saturated carbocycles. The summed E-state index contributed by atoms with van der Waals surface area (Å²) in [5.41, 5.74) is 1.34. The van der Waals surface area contributed by atoms with E-state index in [0.717, 1.165) is 19.5 Å². The molecule has 0 aliphatic carbocycles. The number of carbonyl (C=O) groups excluding carboxylic acids is 2. The molecule has 1 aliphatic heterocycles. The zero-order chi connectivity index (χ0) is 17.4. The van der Waals surface area contributed by atoms with E-state index in [1.165, 1.54) is 13.5 Å². The maximum Gasteiger partial charge on any atom is 0.319 e. The van der Waals surface area contributed by atoms with Gasteiger partial charge in [0.1, 0.15) is 6.61 Å². The Labute approximate surface area is 142 Å². The molecule has 1 atom stereocenters. The van der Waals surface area contributed by atoms with Crippen molar-refractivity contribution in [3.63, 3.8) is 0 Å². The van der Waals surface area contributed by atoms with Crippen molar-refractivity contribution in [1.29, 1.82) is 0 Å². The number of benzene rings is 1.